The second kappa shape index (κ2) is 6.97. The number of hydrogen-bond donors (Lipinski definition) is 0. The Labute approximate surface area is 137 Å². The molecule has 4 nitrogen and oxygen atoms in total. The van der Waals surface area contributed by atoms with E-state index in [0.29, 0.717) is 11.2 Å². The lowest BCUT2D eigenvalue weighted by Gasteiger charge is -2.28. The zero-order valence-corrected chi connectivity index (χ0v) is 15.5. The van der Waals surface area contributed by atoms with Gasteiger partial charge in [-0.25, -0.2) is 0 Å². The highest BCUT2D eigenvalue weighted by molar-refractivity contribution is 8.17. The van der Waals surface area contributed by atoms with E-state index in [2.05, 4.69) is 13.8 Å². The quantitative estimate of drug-likeness (QED) is 0.691. The molecule has 0 aromatic heterocycles. The highest BCUT2D eigenvalue weighted by atomic mass is 32.2. The van der Waals surface area contributed by atoms with Crippen LogP contribution >= 0.6 is 23.5 Å². The van der Waals surface area contributed by atoms with Crippen LogP contribution in [0.15, 0.2) is 0 Å². The van der Waals surface area contributed by atoms with E-state index in [-0.39, 0.29) is 18.3 Å². The lowest BCUT2D eigenvalue weighted by molar-refractivity contribution is -0.174. The zero-order valence-electron chi connectivity index (χ0n) is 13.9. The van der Waals surface area contributed by atoms with E-state index < -0.39 is 11.6 Å². The molecule has 0 N–H and O–H groups in total. The summed E-state index contributed by atoms with van der Waals surface area (Å²) in [5.41, 5.74) is 0. The number of rotatable bonds is 6. The van der Waals surface area contributed by atoms with Crippen molar-refractivity contribution in [2.24, 2.45) is 0 Å². The van der Waals surface area contributed by atoms with Crippen LogP contribution in [0.5, 0.6) is 0 Å². The minimum atomic E-state index is -0.563. The van der Waals surface area contributed by atoms with Crippen LogP contribution in [-0.2, 0) is 18.9 Å². The summed E-state index contributed by atoms with van der Waals surface area (Å²) in [7, 11) is 0. The van der Waals surface area contributed by atoms with Crippen LogP contribution in [0, 0.1) is 0 Å². The lowest BCUT2D eigenvalue weighted by Crippen LogP contribution is -2.42. The first-order chi connectivity index (χ1) is 9.78. The maximum absolute atomic E-state index is 6.21. The molecule has 124 valence electrons. The van der Waals surface area contributed by atoms with Crippen LogP contribution < -0.4 is 0 Å². The molecule has 0 bridgehead atoms. The van der Waals surface area contributed by atoms with Gasteiger partial charge in [0.25, 0.3) is 0 Å². The third-order valence-electron chi connectivity index (χ3n) is 3.49. The summed E-state index contributed by atoms with van der Waals surface area (Å²) in [4.78, 5) is 0. The van der Waals surface area contributed by atoms with Gasteiger partial charge >= 0.3 is 0 Å². The second-order valence-corrected chi connectivity index (χ2v) is 9.35. The Morgan fingerprint density at radius 1 is 0.952 bits per heavy atom. The minimum absolute atomic E-state index is 0.0254. The van der Waals surface area contributed by atoms with Gasteiger partial charge in [-0.05, 0) is 39.2 Å². The molecular weight excluding hydrogens is 308 g/mol. The van der Waals surface area contributed by atoms with E-state index in [9.17, 15) is 0 Å². The van der Waals surface area contributed by atoms with Gasteiger partial charge in [0.15, 0.2) is 11.6 Å². The van der Waals surface area contributed by atoms with Gasteiger partial charge in [0.1, 0.15) is 18.3 Å². The number of ether oxygens (including phenoxy) is 4. The topological polar surface area (TPSA) is 36.9 Å². The maximum Gasteiger partial charge on any atom is 0.163 e. The molecule has 2 rings (SSSR count). The molecule has 0 saturated carbocycles. The van der Waals surface area contributed by atoms with Crippen LogP contribution in [0.2, 0.25) is 0 Å². The summed E-state index contributed by atoms with van der Waals surface area (Å²) in [6, 6.07) is 0. The van der Waals surface area contributed by atoms with Crippen molar-refractivity contribution in [3.05, 3.63) is 0 Å². The molecule has 2 heterocycles. The third kappa shape index (κ3) is 4.52. The Balaban J connectivity index is 2.12. The van der Waals surface area contributed by atoms with Crippen molar-refractivity contribution in [1.82, 2.24) is 0 Å². The van der Waals surface area contributed by atoms with Crippen molar-refractivity contribution in [2.75, 3.05) is 18.1 Å². The van der Waals surface area contributed by atoms with Crippen molar-refractivity contribution in [3.8, 4) is 0 Å². The molecule has 0 spiro atoms. The second-order valence-electron chi connectivity index (χ2n) is 6.21. The molecule has 0 aromatic carbocycles. The van der Waals surface area contributed by atoms with Gasteiger partial charge in [-0.15, -0.1) is 23.5 Å². The van der Waals surface area contributed by atoms with Crippen molar-refractivity contribution in [2.45, 2.75) is 76.0 Å². The van der Waals surface area contributed by atoms with Crippen LogP contribution in [0.25, 0.3) is 0 Å². The fourth-order valence-corrected chi connectivity index (χ4v) is 5.42. The molecule has 6 heteroatoms. The smallest absolute Gasteiger partial charge is 0.163 e. The molecule has 0 radical (unpaired) electrons. The Morgan fingerprint density at radius 3 is 2.05 bits per heavy atom. The fraction of sp³-hybridized carbons (Fsp3) is 1.00. The normalized spacial score (nSPS) is 34.7. The highest BCUT2D eigenvalue weighted by Crippen LogP contribution is 2.42. The number of hydrogen-bond acceptors (Lipinski definition) is 6. The summed E-state index contributed by atoms with van der Waals surface area (Å²) < 4.78 is 24.5. The predicted molar refractivity (Wildman–Crippen MR) is 88.8 cm³/mol. The van der Waals surface area contributed by atoms with Gasteiger partial charge in [0.05, 0.1) is 11.2 Å². The van der Waals surface area contributed by atoms with Crippen molar-refractivity contribution >= 4 is 23.5 Å². The van der Waals surface area contributed by atoms with Crippen LogP contribution in [0.4, 0.5) is 0 Å². The SMILES string of the molecule is CCSC(SCC)[C@@H]1OC(C)(C)O[C@@H]1[C@H]1COC(C)(C)O1. The van der Waals surface area contributed by atoms with E-state index in [1.54, 1.807) is 0 Å². The first-order valence-electron chi connectivity index (χ1n) is 7.68. The summed E-state index contributed by atoms with van der Waals surface area (Å²) in [5.74, 6) is 1.04. The van der Waals surface area contributed by atoms with E-state index in [0.717, 1.165) is 11.5 Å². The van der Waals surface area contributed by atoms with Gasteiger partial charge in [-0.2, -0.15) is 0 Å². The Hall–Kier alpha value is 0.540. The molecule has 2 saturated heterocycles. The third-order valence-corrected chi connectivity index (χ3v) is 6.17. The van der Waals surface area contributed by atoms with Gasteiger partial charge in [-0.3, -0.25) is 0 Å². The molecule has 0 aliphatic carbocycles. The molecule has 2 aliphatic heterocycles. The predicted octanol–water partition coefficient (Wildman–Crippen LogP) is 3.49. The van der Waals surface area contributed by atoms with Crippen LogP contribution in [0.3, 0.4) is 0 Å². The Bertz CT molecular complexity index is 331. The van der Waals surface area contributed by atoms with Crippen LogP contribution in [0.1, 0.15) is 41.5 Å². The minimum Gasteiger partial charge on any atom is -0.348 e. The van der Waals surface area contributed by atoms with Crippen LogP contribution in [-0.4, -0.2) is 52.6 Å². The average molecular weight is 337 g/mol. The fourth-order valence-electron chi connectivity index (χ4n) is 2.76. The first kappa shape index (κ1) is 17.9. The molecule has 2 aliphatic rings. The monoisotopic (exact) mass is 336 g/mol. The summed E-state index contributed by atoms with van der Waals surface area (Å²) in [5, 5.41) is 0. The first-order valence-corrected chi connectivity index (χ1v) is 9.78. The molecular formula is C15H28O4S2. The van der Waals surface area contributed by atoms with E-state index in [4.69, 9.17) is 18.9 Å². The van der Waals surface area contributed by atoms with Gasteiger partial charge in [-0.1, -0.05) is 13.8 Å². The lowest BCUT2D eigenvalue weighted by atomic mass is 10.1. The van der Waals surface area contributed by atoms with Crippen molar-refractivity contribution in [3.63, 3.8) is 0 Å². The largest absolute Gasteiger partial charge is 0.348 e. The molecule has 0 aromatic rings. The molecule has 3 atom stereocenters. The average Bonchev–Trinajstić information content (AvgIpc) is 2.88. The number of thioether (sulfide) groups is 2. The summed E-state index contributed by atoms with van der Waals surface area (Å²) >= 11 is 3.85. The van der Waals surface area contributed by atoms with E-state index in [1.807, 2.05) is 51.2 Å². The highest BCUT2D eigenvalue weighted by Gasteiger charge is 2.52. The standard InChI is InChI=1S/C15H28O4S2/c1-7-20-13(21-8-2)12-11(18-15(5,6)19-12)10-9-16-14(3,4)17-10/h10-13H,7-9H2,1-6H3/t10-,11-,12-/m1/s1. The molecule has 21 heavy (non-hydrogen) atoms. The summed E-state index contributed by atoms with van der Waals surface area (Å²) in [6.07, 6.45) is -0.119. The van der Waals surface area contributed by atoms with Crippen molar-refractivity contribution in [1.29, 1.82) is 0 Å². The maximum atomic E-state index is 6.21. The van der Waals surface area contributed by atoms with Crippen molar-refractivity contribution < 1.29 is 18.9 Å². The molecule has 2 fully saturated rings. The Kier molecular flexibility index (Phi) is 5.94. The Morgan fingerprint density at radius 2 is 1.57 bits per heavy atom. The summed E-state index contributed by atoms with van der Waals surface area (Å²) in [6.45, 7) is 12.8. The van der Waals surface area contributed by atoms with E-state index >= 15 is 0 Å². The van der Waals surface area contributed by atoms with Gasteiger partial charge in [0.2, 0.25) is 0 Å². The molecule has 0 amide bonds. The molecule has 0 unspecified atom stereocenters. The van der Waals surface area contributed by atoms with Gasteiger partial charge < -0.3 is 18.9 Å². The zero-order chi connectivity index (χ0) is 15.7. The van der Waals surface area contributed by atoms with Gasteiger partial charge in [0, 0.05) is 0 Å². The van der Waals surface area contributed by atoms with E-state index in [1.165, 1.54) is 0 Å².